The summed E-state index contributed by atoms with van der Waals surface area (Å²) in [7, 11) is 3.12. The molecular weight excluding hydrogens is 1670 g/mol. The van der Waals surface area contributed by atoms with Gasteiger partial charge in [0.2, 0.25) is 0 Å². The first-order chi connectivity index (χ1) is 55.2. The lowest BCUT2D eigenvalue weighted by Crippen LogP contribution is -2.55. The highest BCUT2D eigenvalue weighted by molar-refractivity contribution is 9.10. The minimum absolute atomic E-state index is 0.00970. The lowest BCUT2D eigenvalue weighted by atomic mass is 9.91. The predicted molar refractivity (Wildman–Crippen MR) is 425 cm³/mol. The first-order valence-corrected chi connectivity index (χ1v) is 40.6. The number of morpholine rings is 3. The van der Waals surface area contributed by atoms with Crippen LogP contribution in [0.15, 0.2) is 141 Å². The monoisotopic (exact) mass is 1760 g/mol. The van der Waals surface area contributed by atoms with Gasteiger partial charge in [-0.1, -0.05) is 75.5 Å². The molecule has 115 heavy (non-hydrogen) atoms. The van der Waals surface area contributed by atoms with Gasteiger partial charge in [0.25, 0.3) is 0 Å². The predicted octanol–water partition coefficient (Wildman–Crippen LogP) is 11.1. The summed E-state index contributed by atoms with van der Waals surface area (Å²) >= 11 is 14.9. The molecule has 7 aliphatic rings. The van der Waals surface area contributed by atoms with Gasteiger partial charge < -0.3 is 68.7 Å². The summed E-state index contributed by atoms with van der Waals surface area (Å²) in [5, 5.41) is 40.4. The third-order valence-corrected chi connectivity index (χ3v) is 22.6. The zero-order valence-corrected chi connectivity index (χ0v) is 69.1. The molecule has 6 aliphatic heterocycles. The third kappa shape index (κ3) is 22.4. The quantitative estimate of drug-likeness (QED) is 0.0196. The number of oxazole rings is 1. The molecule has 0 unspecified atom stereocenters. The van der Waals surface area contributed by atoms with Crippen LogP contribution in [0.2, 0.25) is 5.02 Å². The number of thiazole rings is 1. The fraction of sp³-hybridized carbons (Fsp3) is 0.468. The van der Waals surface area contributed by atoms with Gasteiger partial charge in [-0.05, 0) is 106 Å². The summed E-state index contributed by atoms with van der Waals surface area (Å²) in [6, 6.07) is 9.87. The Morgan fingerprint density at radius 2 is 1.15 bits per heavy atom. The molecule has 3 aromatic carbocycles. The Bertz CT molecular complexity index is 4760. The van der Waals surface area contributed by atoms with Gasteiger partial charge in [0, 0.05) is 145 Å². The molecule has 0 spiro atoms. The van der Waals surface area contributed by atoms with Crippen molar-refractivity contribution in [2.45, 2.75) is 134 Å². The molecule has 6 aromatic rings. The molecule has 36 heteroatoms. The van der Waals surface area contributed by atoms with Crippen molar-refractivity contribution in [2.24, 2.45) is 27.9 Å². The standard InChI is InChI=1S/C28H35ClFN5O5.C27H30BrFN4O5S.C24H26BrFN4O6/c1-5-39-28(38)23-20(15-35-12-13-40-25(16(2)3)21(35)8-9-22(36)37)32-26(27-31-10-11-34(27)4)33-24(23)18-7-6-17(30)14-19(18)29;1-2-37-27(36)23-20(13-33-9-10-38-17(12-33)6-8-22(34)35)30-25(26-31-21(14-39-26)15-3-4-15)32-24(23)18-7-5-16(29)11-19(18)28;1-13-21(27-12-36-13)23-28-18(11-30-7-8-35-15(10-30)4-6-19(31)32)20(24(33)34-2)22(29-23)16-5-3-14(26)9-17(16)25/h6-7,10-11,14,16,21,24-25H,5,8-9,12-13,15H2,1-4H3,(H,32,33)(H,36,37);5,7,11,14-15,17,24H,2-4,6,8-10,12-13H2,1H3,(H,30,32)(H,34,35);3,5,9,12,15,22H,4,6-8,10-11H2,1-2H3,(H,28,29)(H,31,32)/t21-,24+,25-;17-,24+;15-,22+/m111/s1. The van der Waals surface area contributed by atoms with Crippen LogP contribution in [0.4, 0.5) is 13.2 Å². The van der Waals surface area contributed by atoms with Crippen molar-refractivity contribution < 1.29 is 90.1 Å². The van der Waals surface area contributed by atoms with Crippen molar-refractivity contribution in [3.63, 3.8) is 0 Å². The van der Waals surface area contributed by atoms with Crippen LogP contribution < -0.4 is 16.0 Å². The average Bonchev–Trinajstić information content (AvgIpc) is 1.65. The SMILES string of the molecule is CCOC(=O)C1=C(CN2CCO[C@H](C(C)C)[C@H]2CCC(=O)O)NC(c2nccn2C)=N[C@H]1c1ccc(F)cc1Cl.CCOC(=O)C1=C(CN2CCO[C@H](CCC(=O)O)C2)NC(c2nc(C3CC3)cs2)=N[C@H]1c1ccc(F)cc1Br.COC(=O)C1=C(CN2CCO[C@H](CCC(=O)O)C2)NC(c2ncoc2C)=N[C@H]1c1ccc(F)cc1Br. The number of carboxylic acids is 3. The number of imidazole rings is 1. The van der Waals surface area contributed by atoms with E-state index < -0.39 is 71.4 Å². The Kier molecular flexibility index (Phi) is 30.4. The second-order valence-electron chi connectivity index (χ2n) is 28.5. The fourth-order valence-electron chi connectivity index (χ4n) is 14.3. The number of aromatic nitrogens is 4. The second kappa shape index (κ2) is 40.2. The highest BCUT2D eigenvalue weighted by Gasteiger charge is 2.42. The molecule has 3 aromatic heterocycles. The maximum Gasteiger partial charge on any atom is 0.338 e. The fourth-order valence-corrected chi connectivity index (χ4v) is 16.6. The molecule has 0 radical (unpaired) electrons. The number of ether oxygens (including phenoxy) is 6. The van der Waals surface area contributed by atoms with E-state index in [0.717, 1.165) is 23.5 Å². The number of carboxylic acid groups (broad SMARTS) is 3. The van der Waals surface area contributed by atoms with E-state index >= 15 is 0 Å². The summed E-state index contributed by atoms with van der Waals surface area (Å²) in [5.41, 5.74) is 5.78. The van der Waals surface area contributed by atoms with E-state index in [4.69, 9.17) is 74.6 Å². The number of benzene rings is 3. The zero-order valence-electron chi connectivity index (χ0n) is 64.3. The first kappa shape index (κ1) is 86.8. The maximum absolute atomic E-state index is 14.0. The Hall–Kier alpha value is -9.04. The largest absolute Gasteiger partial charge is 0.481 e. The van der Waals surface area contributed by atoms with Crippen molar-refractivity contribution in [1.29, 1.82) is 0 Å². The van der Waals surface area contributed by atoms with E-state index in [1.54, 1.807) is 49.9 Å². The molecule has 4 fully saturated rings. The molecule has 6 N–H and O–H groups in total. The molecule has 0 bridgehead atoms. The first-order valence-electron chi connectivity index (χ1n) is 37.7. The van der Waals surface area contributed by atoms with Gasteiger partial charge in [-0.3, -0.25) is 44.1 Å². The van der Waals surface area contributed by atoms with E-state index in [-0.39, 0.29) is 85.5 Å². The Labute approximate surface area is 687 Å². The number of hydrogen-bond acceptors (Lipinski definition) is 26. The normalized spacial score (nSPS) is 21.4. The van der Waals surface area contributed by atoms with E-state index in [1.807, 2.05) is 20.9 Å². The van der Waals surface area contributed by atoms with Gasteiger partial charge in [0.15, 0.2) is 34.7 Å². The maximum atomic E-state index is 14.0. The molecule has 7 atom stereocenters. The number of methoxy groups -OCH3 is 1. The van der Waals surface area contributed by atoms with Crippen LogP contribution in [-0.2, 0) is 64.2 Å². The van der Waals surface area contributed by atoms with Crippen LogP contribution in [0.1, 0.15) is 148 Å². The molecule has 9 heterocycles. The van der Waals surface area contributed by atoms with Crippen molar-refractivity contribution in [1.82, 2.24) is 50.2 Å². The summed E-state index contributed by atoms with van der Waals surface area (Å²) in [5.74, 6) is -2.54. The Morgan fingerprint density at radius 3 is 1.64 bits per heavy atom. The lowest BCUT2D eigenvalue weighted by Gasteiger charge is -2.44. The number of carbonyl (C=O) groups excluding carboxylic acids is 3. The molecule has 13 rings (SSSR count). The molecule has 1 saturated carbocycles. The molecule has 0 amide bonds. The highest BCUT2D eigenvalue weighted by atomic mass is 79.9. The van der Waals surface area contributed by atoms with Crippen molar-refractivity contribution >= 4 is 108 Å². The summed E-state index contributed by atoms with van der Waals surface area (Å²) in [6.45, 7) is 14.7. The van der Waals surface area contributed by atoms with Gasteiger partial charge >= 0.3 is 35.8 Å². The van der Waals surface area contributed by atoms with Crippen LogP contribution in [0.3, 0.4) is 0 Å². The minimum atomic E-state index is -0.894. The number of hydrogen-bond donors (Lipinski definition) is 6. The zero-order chi connectivity index (χ0) is 82.3. The van der Waals surface area contributed by atoms with Crippen molar-refractivity contribution in [3.05, 3.63) is 189 Å². The molecule has 29 nitrogen and oxygen atoms in total. The van der Waals surface area contributed by atoms with Crippen molar-refractivity contribution in [3.8, 4) is 0 Å². The molecular formula is C79H91Br2ClF3N13O16S. The number of nitrogens with one attached hydrogen (secondary N) is 3. The van der Waals surface area contributed by atoms with Gasteiger partial charge in [-0.25, -0.2) is 42.5 Å². The minimum Gasteiger partial charge on any atom is -0.481 e. The number of aliphatic imine (C=N–C) groups is 3. The van der Waals surface area contributed by atoms with E-state index in [0.29, 0.717) is 174 Å². The smallest absolute Gasteiger partial charge is 0.338 e. The van der Waals surface area contributed by atoms with Gasteiger partial charge in [0.1, 0.15) is 47.0 Å². The number of nitrogens with zero attached hydrogens (tertiary/aromatic N) is 10. The van der Waals surface area contributed by atoms with Crippen LogP contribution in [0.25, 0.3) is 0 Å². The molecule has 3 saturated heterocycles. The van der Waals surface area contributed by atoms with E-state index in [9.17, 15) is 47.0 Å². The number of aryl methyl sites for hydroxylation is 2. The van der Waals surface area contributed by atoms with Crippen LogP contribution in [0, 0.1) is 30.3 Å². The number of amidine groups is 3. The summed E-state index contributed by atoms with van der Waals surface area (Å²) in [4.78, 5) is 108. The van der Waals surface area contributed by atoms with Gasteiger partial charge in [-0.2, -0.15) is 0 Å². The van der Waals surface area contributed by atoms with Gasteiger partial charge in [0.05, 0.1) is 80.9 Å². The number of aliphatic carboxylic acids is 3. The number of carbonyl (C=O) groups is 6. The summed E-state index contributed by atoms with van der Waals surface area (Å²) in [6.07, 6.45) is 7.54. The lowest BCUT2D eigenvalue weighted by molar-refractivity contribution is -0.140. The second-order valence-corrected chi connectivity index (χ2v) is 31.4. The van der Waals surface area contributed by atoms with E-state index in [1.165, 1.54) is 67.3 Å². The number of esters is 3. The van der Waals surface area contributed by atoms with Crippen molar-refractivity contribution in [2.75, 3.05) is 92.5 Å². The van der Waals surface area contributed by atoms with E-state index in [2.05, 4.69) is 77.9 Å². The van der Waals surface area contributed by atoms with Crippen LogP contribution in [0.5, 0.6) is 0 Å². The molecule has 1 aliphatic carbocycles. The van der Waals surface area contributed by atoms with Gasteiger partial charge in [-0.15, -0.1) is 11.3 Å². The third-order valence-electron chi connectivity index (χ3n) is 20.0. The highest BCUT2D eigenvalue weighted by Crippen LogP contribution is 2.43. The topological polar surface area (TPSA) is 358 Å². The van der Waals surface area contributed by atoms with Crippen LogP contribution >= 0.6 is 54.8 Å². The van der Waals surface area contributed by atoms with Crippen LogP contribution in [-0.4, -0.2) is 220 Å². The number of rotatable bonds is 28. The number of halogens is 6. The average molecular weight is 1760 g/mol. The Balaban J connectivity index is 0.000000170. The molecule has 616 valence electrons. The Morgan fingerprint density at radius 1 is 0.652 bits per heavy atom. The summed E-state index contributed by atoms with van der Waals surface area (Å²) < 4.78 is 83.6.